The molecule has 0 N–H and O–H groups in total. The Bertz CT molecular complexity index is 2360. The van der Waals surface area contributed by atoms with E-state index in [4.69, 9.17) is 4.42 Å². The average Bonchev–Trinajstić information content (AvgIpc) is 3.68. The highest BCUT2D eigenvalue weighted by atomic mass is 16.3. The Morgan fingerprint density at radius 2 is 1.27 bits per heavy atom. The SMILES string of the molecule is c1ccc2c(c1)B1N(c3ccc(-c4cccc5c4oc4ccccc45)cc3-2)c2cccc3c4ccccc4n1c23. The van der Waals surface area contributed by atoms with Gasteiger partial charge in [0.1, 0.15) is 11.2 Å². The number of aromatic nitrogens is 1. The summed E-state index contributed by atoms with van der Waals surface area (Å²) in [5, 5.41) is 4.94. The molecule has 0 spiro atoms. The zero-order chi connectivity index (χ0) is 25.9. The number of para-hydroxylation sites is 4. The number of furan rings is 1. The standard InChI is InChI=1S/C36H21BN2O/c1-4-15-30-24(9-1)29-21-22(23-12-7-14-28-26-11-3-6-18-34(26)40-36(23)28)19-20-32(29)38-33-17-8-13-27-25-10-2-5-16-31(25)39(35(27)33)37(30)38/h1-21H. The van der Waals surface area contributed by atoms with E-state index in [1.54, 1.807) is 0 Å². The molecule has 6 aromatic carbocycles. The van der Waals surface area contributed by atoms with Gasteiger partial charge in [-0.05, 0) is 46.9 Å². The summed E-state index contributed by atoms with van der Waals surface area (Å²) in [5.41, 5.74) is 13.1. The highest BCUT2D eigenvalue weighted by molar-refractivity contribution is 6.82. The fourth-order valence-corrected chi connectivity index (χ4v) is 7.34. The van der Waals surface area contributed by atoms with Crippen LogP contribution in [-0.2, 0) is 0 Å². The minimum atomic E-state index is 0.0770. The molecule has 0 fully saturated rings. The Hall–Kier alpha value is -5.22. The summed E-state index contributed by atoms with van der Waals surface area (Å²) in [5.74, 6) is 0. The van der Waals surface area contributed by atoms with Crippen molar-refractivity contribution in [1.82, 2.24) is 4.48 Å². The van der Waals surface area contributed by atoms with Crippen LogP contribution < -0.4 is 10.3 Å². The Morgan fingerprint density at radius 1 is 0.525 bits per heavy atom. The molecule has 0 saturated heterocycles. The van der Waals surface area contributed by atoms with E-state index < -0.39 is 0 Å². The molecule has 4 heterocycles. The van der Waals surface area contributed by atoms with Crippen molar-refractivity contribution in [3.05, 3.63) is 127 Å². The van der Waals surface area contributed by atoms with Gasteiger partial charge in [0.25, 0.3) is 0 Å². The average molecular weight is 508 g/mol. The van der Waals surface area contributed by atoms with Crippen LogP contribution in [0, 0.1) is 0 Å². The van der Waals surface area contributed by atoms with Gasteiger partial charge >= 0.3 is 6.98 Å². The molecule has 0 unspecified atom stereocenters. The molecule has 4 heteroatoms. The lowest BCUT2D eigenvalue weighted by molar-refractivity contribution is 0.670. The molecule has 40 heavy (non-hydrogen) atoms. The van der Waals surface area contributed by atoms with E-state index in [1.165, 1.54) is 55.3 Å². The third-order valence-corrected chi connectivity index (χ3v) is 8.96. The number of hydrogen-bond acceptors (Lipinski definition) is 2. The molecule has 2 aliphatic rings. The predicted octanol–water partition coefficient (Wildman–Crippen LogP) is 8.74. The lowest BCUT2D eigenvalue weighted by Gasteiger charge is -2.35. The number of benzene rings is 6. The van der Waals surface area contributed by atoms with Gasteiger partial charge in [-0.15, -0.1) is 0 Å². The monoisotopic (exact) mass is 508 g/mol. The zero-order valence-electron chi connectivity index (χ0n) is 21.5. The summed E-state index contributed by atoms with van der Waals surface area (Å²) in [6.07, 6.45) is 0. The van der Waals surface area contributed by atoms with E-state index in [9.17, 15) is 0 Å². The quantitative estimate of drug-likeness (QED) is 0.207. The Balaban J connectivity index is 1.26. The minimum Gasteiger partial charge on any atom is -0.455 e. The van der Waals surface area contributed by atoms with Crippen molar-refractivity contribution in [2.45, 2.75) is 0 Å². The van der Waals surface area contributed by atoms with Gasteiger partial charge in [0.05, 0.1) is 11.2 Å². The molecule has 0 saturated carbocycles. The van der Waals surface area contributed by atoms with Crippen molar-refractivity contribution in [2.24, 2.45) is 0 Å². The number of anilines is 2. The van der Waals surface area contributed by atoms with Crippen molar-refractivity contribution in [3.8, 4) is 22.3 Å². The molecule has 0 radical (unpaired) electrons. The molecule has 0 bridgehead atoms. The number of hydrogen-bond donors (Lipinski definition) is 0. The highest BCUT2D eigenvalue weighted by Gasteiger charge is 2.44. The summed E-state index contributed by atoms with van der Waals surface area (Å²) in [4.78, 5) is 2.54. The van der Waals surface area contributed by atoms with E-state index in [2.05, 4.69) is 131 Å². The first-order valence-corrected chi connectivity index (χ1v) is 13.8. The van der Waals surface area contributed by atoms with Gasteiger partial charge < -0.3 is 13.7 Å². The van der Waals surface area contributed by atoms with Crippen LogP contribution in [0.25, 0.3) is 66.0 Å². The van der Waals surface area contributed by atoms with Crippen molar-refractivity contribution >= 4 is 67.6 Å². The zero-order valence-corrected chi connectivity index (χ0v) is 21.5. The summed E-state index contributed by atoms with van der Waals surface area (Å²) < 4.78 is 8.96. The van der Waals surface area contributed by atoms with E-state index in [-0.39, 0.29) is 6.98 Å². The van der Waals surface area contributed by atoms with Crippen LogP contribution in [0.4, 0.5) is 11.4 Å². The van der Waals surface area contributed by atoms with Gasteiger partial charge in [-0.25, -0.2) is 0 Å². The Kier molecular flexibility index (Phi) is 3.75. The minimum absolute atomic E-state index is 0.0770. The Labute approximate surface area is 230 Å². The van der Waals surface area contributed by atoms with E-state index in [1.807, 2.05) is 6.07 Å². The van der Waals surface area contributed by atoms with Crippen LogP contribution >= 0.6 is 0 Å². The van der Waals surface area contributed by atoms with E-state index >= 15 is 0 Å². The van der Waals surface area contributed by atoms with Crippen LogP contribution in [0.3, 0.4) is 0 Å². The fourth-order valence-electron chi connectivity index (χ4n) is 7.34. The van der Waals surface area contributed by atoms with Crippen LogP contribution in [0.5, 0.6) is 0 Å². The smallest absolute Gasteiger partial charge is 0.421 e. The first kappa shape index (κ1) is 20.7. The molecule has 0 aliphatic carbocycles. The molecule has 10 rings (SSSR count). The van der Waals surface area contributed by atoms with Crippen LogP contribution in [0.2, 0.25) is 0 Å². The summed E-state index contributed by atoms with van der Waals surface area (Å²) in [6, 6.07) is 46.2. The summed E-state index contributed by atoms with van der Waals surface area (Å²) in [7, 11) is 0. The Morgan fingerprint density at radius 3 is 2.25 bits per heavy atom. The van der Waals surface area contributed by atoms with Crippen molar-refractivity contribution in [3.63, 3.8) is 0 Å². The van der Waals surface area contributed by atoms with Crippen molar-refractivity contribution in [2.75, 3.05) is 4.81 Å². The molecule has 8 aromatic rings. The van der Waals surface area contributed by atoms with Gasteiger partial charge in [-0.1, -0.05) is 97.1 Å². The maximum atomic E-state index is 6.42. The molecule has 0 atom stereocenters. The van der Waals surface area contributed by atoms with Gasteiger partial charge in [0.15, 0.2) is 0 Å². The van der Waals surface area contributed by atoms with Gasteiger partial charge in [-0.3, -0.25) is 0 Å². The topological polar surface area (TPSA) is 21.3 Å². The summed E-state index contributed by atoms with van der Waals surface area (Å²) in [6.45, 7) is 0.0770. The van der Waals surface area contributed by atoms with Gasteiger partial charge in [0.2, 0.25) is 0 Å². The number of nitrogens with zero attached hydrogens (tertiary/aromatic N) is 2. The molecule has 184 valence electrons. The largest absolute Gasteiger partial charge is 0.455 e. The van der Waals surface area contributed by atoms with Crippen molar-refractivity contribution in [1.29, 1.82) is 0 Å². The fraction of sp³-hybridized carbons (Fsp3) is 0. The third kappa shape index (κ3) is 2.43. The van der Waals surface area contributed by atoms with Crippen LogP contribution in [0.15, 0.2) is 132 Å². The second-order valence-corrected chi connectivity index (χ2v) is 10.9. The second kappa shape index (κ2) is 7.25. The first-order chi connectivity index (χ1) is 19.9. The molecule has 2 aliphatic heterocycles. The maximum absolute atomic E-state index is 6.42. The molecule has 0 amide bonds. The normalized spacial score (nSPS) is 13.4. The second-order valence-electron chi connectivity index (χ2n) is 10.9. The maximum Gasteiger partial charge on any atom is 0.421 e. The lowest BCUT2D eigenvalue weighted by atomic mass is 9.60. The van der Waals surface area contributed by atoms with E-state index in [0.29, 0.717) is 0 Å². The molecule has 3 nitrogen and oxygen atoms in total. The van der Waals surface area contributed by atoms with Gasteiger partial charge in [0, 0.05) is 43.9 Å². The summed E-state index contributed by atoms with van der Waals surface area (Å²) >= 11 is 0. The molecular formula is C36H21BN2O. The molecule has 2 aromatic heterocycles. The van der Waals surface area contributed by atoms with Gasteiger partial charge in [-0.2, -0.15) is 0 Å². The number of rotatable bonds is 1. The highest BCUT2D eigenvalue weighted by Crippen LogP contribution is 2.50. The number of fused-ring (bicyclic) bond motifs is 14. The van der Waals surface area contributed by atoms with E-state index in [0.717, 1.165) is 27.5 Å². The first-order valence-electron chi connectivity index (χ1n) is 13.8. The van der Waals surface area contributed by atoms with Crippen LogP contribution in [0.1, 0.15) is 0 Å². The predicted molar refractivity (Wildman–Crippen MR) is 167 cm³/mol. The lowest BCUT2D eigenvalue weighted by Crippen LogP contribution is -2.51. The van der Waals surface area contributed by atoms with Crippen molar-refractivity contribution < 1.29 is 4.42 Å². The third-order valence-electron chi connectivity index (χ3n) is 8.96. The molecular weight excluding hydrogens is 487 g/mol. The van der Waals surface area contributed by atoms with Crippen LogP contribution in [-0.4, -0.2) is 11.5 Å².